The first kappa shape index (κ1) is 14.7. The van der Waals surface area contributed by atoms with Crippen LogP contribution in [0.15, 0.2) is 12.7 Å². The molecule has 22 heavy (non-hydrogen) atoms. The topological polar surface area (TPSA) is 154 Å². The van der Waals surface area contributed by atoms with Gasteiger partial charge in [0.05, 0.1) is 12.6 Å². The quantitative estimate of drug-likeness (QED) is 0.434. The van der Waals surface area contributed by atoms with Crippen LogP contribution in [0.3, 0.4) is 0 Å². The van der Waals surface area contributed by atoms with E-state index in [4.69, 9.17) is 20.8 Å². The molecule has 1 aliphatic heterocycles. The standard InChI is InChI=1S/C11H13BN6O4/c13-2-12-18-4-16-10-6(9(18)14)15-3-17(10)11-8(21)7(20)5(1-19)22-11/h3-5,7-8,11,19-21H,1H2,(H2,14,16)/q+1/t5-,7-,8-,11-/m1/s1. The Bertz CT molecular complexity index is 746. The molecule has 1 fully saturated rings. The number of hydrogen-bond acceptors (Lipinski definition) is 8. The number of nitrogen functional groups attached to an aromatic ring is 1. The predicted octanol–water partition coefficient (Wildman–Crippen LogP) is -3.14. The molecule has 1 radical (unpaired) electrons. The molecule has 0 aromatic carbocycles. The fourth-order valence-electron chi connectivity index (χ4n) is 2.43. The first-order chi connectivity index (χ1) is 10.6. The van der Waals surface area contributed by atoms with Gasteiger partial charge in [-0.1, -0.05) is 4.98 Å². The van der Waals surface area contributed by atoms with Crippen LogP contribution >= 0.6 is 0 Å². The highest BCUT2D eigenvalue weighted by molar-refractivity contribution is 6.35. The van der Waals surface area contributed by atoms with Gasteiger partial charge in [-0.3, -0.25) is 9.05 Å². The molecule has 1 aliphatic rings. The number of hydrogen-bond donors (Lipinski definition) is 4. The summed E-state index contributed by atoms with van der Waals surface area (Å²) in [6, 6.07) is 0. The lowest BCUT2D eigenvalue weighted by molar-refractivity contribution is -0.513. The molecule has 0 aliphatic carbocycles. The van der Waals surface area contributed by atoms with Gasteiger partial charge < -0.3 is 25.8 Å². The monoisotopic (exact) mass is 304 g/mol. The highest BCUT2D eigenvalue weighted by atomic mass is 16.6. The van der Waals surface area contributed by atoms with Gasteiger partial charge >= 0.3 is 7.41 Å². The van der Waals surface area contributed by atoms with Crippen molar-refractivity contribution < 1.29 is 24.5 Å². The van der Waals surface area contributed by atoms with Gasteiger partial charge in [-0.05, 0) is 0 Å². The van der Waals surface area contributed by atoms with Crippen molar-refractivity contribution in [2.24, 2.45) is 0 Å². The third-order valence-electron chi connectivity index (χ3n) is 3.58. The van der Waals surface area contributed by atoms with Crippen molar-refractivity contribution in [1.29, 1.82) is 5.26 Å². The Morgan fingerprint density at radius 1 is 1.45 bits per heavy atom. The maximum Gasteiger partial charge on any atom is 0.485 e. The van der Waals surface area contributed by atoms with Crippen LogP contribution in [0.4, 0.5) is 5.82 Å². The van der Waals surface area contributed by atoms with E-state index in [2.05, 4.69) is 9.97 Å². The van der Waals surface area contributed by atoms with E-state index in [0.717, 1.165) is 0 Å². The van der Waals surface area contributed by atoms with Crippen LogP contribution < -0.4 is 10.2 Å². The number of nitriles is 1. The average molecular weight is 304 g/mol. The van der Waals surface area contributed by atoms with Gasteiger partial charge in [0.25, 0.3) is 0 Å². The molecular formula is C11H13BN6O4+. The minimum atomic E-state index is -1.24. The Morgan fingerprint density at radius 2 is 2.23 bits per heavy atom. The zero-order chi connectivity index (χ0) is 15.9. The number of fused-ring (bicyclic) bond motifs is 1. The minimum Gasteiger partial charge on any atom is -0.394 e. The van der Waals surface area contributed by atoms with Crippen LogP contribution in [0.1, 0.15) is 6.23 Å². The number of rotatable bonds is 3. The lowest BCUT2D eigenvalue weighted by Gasteiger charge is -2.15. The average Bonchev–Trinajstić information content (AvgIpc) is 3.05. The summed E-state index contributed by atoms with van der Waals surface area (Å²) >= 11 is 0. The van der Waals surface area contributed by atoms with Crippen LogP contribution in [0.5, 0.6) is 0 Å². The van der Waals surface area contributed by atoms with Gasteiger partial charge in [-0.15, -0.1) is 0 Å². The van der Waals surface area contributed by atoms with Crippen LogP contribution in [0.25, 0.3) is 11.2 Å². The second kappa shape index (κ2) is 5.50. The minimum absolute atomic E-state index is 0.206. The summed E-state index contributed by atoms with van der Waals surface area (Å²) in [4.78, 5) is 8.25. The molecule has 11 heteroatoms. The third kappa shape index (κ3) is 2.09. The summed E-state index contributed by atoms with van der Waals surface area (Å²) in [6.45, 7) is -0.423. The van der Waals surface area contributed by atoms with Gasteiger partial charge in [-0.2, -0.15) is 0 Å². The Kier molecular flexibility index (Phi) is 3.67. The van der Waals surface area contributed by atoms with Crippen molar-refractivity contribution >= 4 is 24.4 Å². The Morgan fingerprint density at radius 3 is 2.86 bits per heavy atom. The highest BCUT2D eigenvalue weighted by Gasteiger charge is 2.44. The normalized spacial score (nSPS) is 27.9. The summed E-state index contributed by atoms with van der Waals surface area (Å²) in [5.74, 6) is 2.04. The number of nitrogens with zero attached hydrogens (tertiary/aromatic N) is 5. The second-order valence-electron chi connectivity index (χ2n) is 4.85. The van der Waals surface area contributed by atoms with Crippen LogP contribution in [-0.2, 0) is 4.74 Å². The molecule has 4 atom stereocenters. The van der Waals surface area contributed by atoms with Gasteiger partial charge in [0.2, 0.25) is 17.8 Å². The van der Waals surface area contributed by atoms with Crippen molar-refractivity contribution in [2.45, 2.75) is 24.5 Å². The Hall–Kier alpha value is -2.26. The molecule has 3 heterocycles. The number of aromatic nitrogens is 4. The van der Waals surface area contributed by atoms with Crippen LogP contribution in [-0.4, -0.2) is 62.2 Å². The molecule has 5 N–H and O–H groups in total. The van der Waals surface area contributed by atoms with Crippen molar-refractivity contribution in [1.82, 2.24) is 14.5 Å². The first-order valence-electron chi connectivity index (χ1n) is 6.46. The van der Waals surface area contributed by atoms with E-state index in [1.54, 1.807) is 0 Å². The molecule has 0 bridgehead atoms. The molecule has 0 unspecified atom stereocenters. The predicted molar refractivity (Wildman–Crippen MR) is 71.9 cm³/mol. The van der Waals surface area contributed by atoms with Gasteiger partial charge in [-0.25, -0.2) is 10.2 Å². The summed E-state index contributed by atoms with van der Waals surface area (Å²) in [5.41, 5.74) is 6.56. The van der Waals surface area contributed by atoms with E-state index in [1.165, 1.54) is 29.1 Å². The van der Waals surface area contributed by atoms with E-state index in [-0.39, 0.29) is 5.82 Å². The summed E-state index contributed by atoms with van der Waals surface area (Å²) < 4.78 is 8.17. The number of aliphatic hydroxyl groups is 3. The van der Waals surface area contributed by atoms with Crippen molar-refractivity contribution in [3.8, 4) is 5.97 Å². The molecule has 0 spiro atoms. The second-order valence-corrected chi connectivity index (χ2v) is 4.85. The maximum atomic E-state index is 10.1. The summed E-state index contributed by atoms with van der Waals surface area (Å²) in [5, 5.41) is 37.7. The van der Waals surface area contributed by atoms with E-state index >= 15 is 0 Å². The fraction of sp³-hybridized carbons (Fsp3) is 0.455. The number of aliphatic hydroxyl groups excluding tert-OH is 3. The number of nitrogens with two attached hydrogens (primary N) is 1. The first-order valence-corrected chi connectivity index (χ1v) is 6.46. The largest absolute Gasteiger partial charge is 0.485 e. The summed E-state index contributed by atoms with van der Waals surface area (Å²) in [7, 11) is 1.17. The fourth-order valence-corrected chi connectivity index (χ4v) is 2.43. The Balaban J connectivity index is 2.03. The van der Waals surface area contributed by atoms with Crippen LogP contribution in [0, 0.1) is 11.2 Å². The molecule has 2 aromatic rings. The maximum absolute atomic E-state index is 10.1. The molecule has 113 valence electrons. The number of imidazole rings is 1. The molecular weight excluding hydrogens is 291 g/mol. The Labute approximate surface area is 125 Å². The lowest BCUT2D eigenvalue weighted by Crippen LogP contribution is -2.42. The molecule has 1 saturated heterocycles. The lowest BCUT2D eigenvalue weighted by atomic mass is 9.98. The van der Waals surface area contributed by atoms with E-state index < -0.39 is 31.1 Å². The molecule has 3 rings (SSSR count). The van der Waals surface area contributed by atoms with Gasteiger partial charge in [0.1, 0.15) is 24.6 Å². The third-order valence-corrected chi connectivity index (χ3v) is 3.58. The zero-order valence-electron chi connectivity index (χ0n) is 11.3. The smallest absolute Gasteiger partial charge is 0.394 e. The van der Waals surface area contributed by atoms with Crippen molar-refractivity contribution in [3.05, 3.63) is 12.7 Å². The number of ether oxygens (including phenoxy) is 1. The van der Waals surface area contributed by atoms with Crippen LogP contribution in [0.2, 0.25) is 0 Å². The molecule has 0 amide bonds. The molecule has 0 saturated carbocycles. The van der Waals surface area contributed by atoms with E-state index in [1.807, 2.05) is 5.97 Å². The highest BCUT2D eigenvalue weighted by Crippen LogP contribution is 2.31. The van der Waals surface area contributed by atoms with Crippen molar-refractivity contribution in [2.75, 3.05) is 12.3 Å². The van der Waals surface area contributed by atoms with Crippen molar-refractivity contribution in [3.63, 3.8) is 0 Å². The molecule has 2 aromatic heterocycles. The number of anilines is 1. The summed E-state index contributed by atoms with van der Waals surface area (Å²) in [6.07, 6.45) is -1.60. The van der Waals surface area contributed by atoms with E-state index in [0.29, 0.717) is 11.2 Å². The van der Waals surface area contributed by atoms with E-state index in [9.17, 15) is 10.2 Å². The van der Waals surface area contributed by atoms with Gasteiger partial charge in [0, 0.05) is 0 Å². The molecule has 10 nitrogen and oxygen atoms in total. The zero-order valence-corrected chi connectivity index (χ0v) is 11.3. The van der Waals surface area contributed by atoms with Gasteiger partial charge in [0.15, 0.2) is 11.7 Å². The SMILES string of the molecule is N#C[B][n+]1cnc2c(ncn2[C@@H]2O[C@H](CO)[C@@H](O)[C@H]2O)c1N.